The summed E-state index contributed by atoms with van der Waals surface area (Å²) >= 11 is 7.50. The number of carbonyl (C=O) groups excluding carboxylic acids is 2. The van der Waals surface area contributed by atoms with E-state index in [0.717, 1.165) is 31.2 Å². The van der Waals surface area contributed by atoms with Crippen molar-refractivity contribution in [2.24, 2.45) is 0 Å². The lowest BCUT2D eigenvalue weighted by molar-refractivity contribution is -0.244. The summed E-state index contributed by atoms with van der Waals surface area (Å²) in [6.45, 7) is 1.28. The van der Waals surface area contributed by atoms with Crippen LogP contribution >= 0.6 is 31.9 Å². The standard InChI is InChI=1S/C36H36Br2N2O10/c1-39-7-5-31-23-15-9-21(39)35(31,43)13-33(27(31)47-25(23)19(45-3)11-17(15)37)29(41)50-34(30(42)49-33)14-36(44)22-10-16-18(38)12-20(46-4)26-24(16)32(36,28(34)48-26)6-8-40(22)2/h11-12,21-22,27-28,43-44H,5-10,13-14H2,1-4H3/t21-,22-,27-,28-,31+,32+,33+,34+,35-,36-/m1/s1. The van der Waals surface area contributed by atoms with E-state index in [1.54, 1.807) is 14.2 Å². The molecule has 2 aromatic carbocycles. The van der Waals surface area contributed by atoms with Gasteiger partial charge in [-0.25, -0.2) is 9.59 Å². The number of halogens is 2. The SMILES string of the molecule is COc1cc(Br)c2c3c1O[C@@H]1[C@]34CCN(C)[C@H](C2)[C@]4(O)C[C@]12OC(=O)[C@@]1(C[C@@]3(O)[C@H]4Cc5c(Br)cc(OC)c6c5[C@@]3(CCN4C)[C@H]1O6)OC2=O. The molecular weight excluding hydrogens is 780 g/mol. The number of esters is 2. The fourth-order valence-corrected chi connectivity index (χ4v) is 13.9. The number of hydrogen-bond donors (Lipinski definition) is 2. The van der Waals surface area contributed by atoms with Crippen LogP contribution in [0.25, 0.3) is 0 Å². The molecule has 5 heterocycles. The molecule has 4 aliphatic carbocycles. The summed E-state index contributed by atoms with van der Waals surface area (Å²) in [5.74, 6) is 0.247. The van der Waals surface area contributed by atoms with Crippen molar-refractivity contribution in [3.8, 4) is 23.0 Å². The largest absolute Gasteiger partial charge is 0.493 e. The molecule has 12 nitrogen and oxygen atoms in total. The topological polar surface area (TPSA) is 136 Å². The first-order chi connectivity index (χ1) is 23.8. The van der Waals surface area contributed by atoms with E-state index in [1.807, 2.05) is 26.2 Å². The minimum Gasteiger partial charge on any atom is -0.493 e. The smallest absolute Gasteiger partial charge is 0.356 e. The molecule has 4 bridgehead atoms. The van der Waals surface area contributed by atoms with Crippen molar-refractivity contribution in [1.82, 2.24) is 9.80 Å². The average Bonchev–Trinajstić information content (AvgIpc) is 3.74. The van der Waals surface area contributed by atoms with Gasteiger partial charge in [0.05, 0.1) is 36.3 Å². The second-order valence-electron chi connectivity index (χ2n) is 16.1. The maximum absolute atomic E-state index is 15.1. The molecule has 0 amide bonds. The normalized spacial score (nSPS) is 45.2. The fourth-order valence-electron chi connectivity index (χ4n) is 12.7. The maximum atomic E-state index is 15.1. The molecule has 5 fully saturated rings. The molecule has 0 aromatic heterocycles. The highest BCUT2D eigenvalue weighted by Crippen LogP contribution is 2.74. The highest BCUT2D eigenvalue weighted by Gasteiger charge is 2.89. The number of hydrogen-bond acceptors (Lipinski definition) is 12. The van der Waals surface area contributed by atoms with Gasteiger partial charge in [0.1, 0.15) is 0 Å². The number of carbonyl (C=O) groups is 2. The predicted molar refractivity (Wildman–Crippen MR) is 180 cm³/mol. The van der Waals surface area contributed by atoms with Crippen LogP contribution in [0.3, 0.4) is 0 Å². The third-order valence-electron chi connectivity index (χ3n) is 14.7. The molecule has 0 unspecified atom stereocenters. The van der Waals surface area contributed by atoms with E-state index in [0.29, 0.717) is 61.8 Å². The molecule has 11 rings (SSSR count). The van der Waals surface area contributed by atoms with Gasteiger partial charge in [0.15, 0.2) is 35.2 Å². The Balaban J connectivity index is 1.08. The summed E-state index contributed by atoms with van der Waals surface area (Å²) in [5.41, 5.74) is -5.47. The summed E-state index contributed by atoms with van der Waals surface area (Å²) in [6.07, 6.45) is -0.583. The lowest BCUT2D eigenvalue weighted by Gasteiger charge is -2.56. The van der Waals surface area contributed by atoms with Gasteiger partial charge in [0, 0.05) is 45.0 Å². The van der Waals surface area contributed by atoms with Crippen molar-refractivity contribution in [3.05, 3.63) is 43.3 Å². The van der Waals surface area contributed by atoms with Crippen LogP contribution in [0.15, 0.2) is 21.1 Å². The number of likely N-dealkylation sites (tertiary alicyclic amines) is 2. The average molecular weight is 816 g/mol. The van der Waals surface area contributed by atoms with Crippen molar-refractivity contribution < 1.29 is 48.2 Å². The van der Waals surface area contributed by atoms with E-state index in [2.05, 4.69) is 41.7 Å². The fraction of sp³-hybridized carbons (Fsp3) is 0.611. The van der Waals surface area contributed by atoms with E-state index in [1.165, 1.54) is 0 Å². The molecule has 5 aliphatic heterocycles. The molecule has 2 aromatic rings. The summed E-state index contributed by atoms with van der Waals surface area (Å²) in [7, 11) is 7.05. The molecule has 264 valence electrons. The predicted octanol–water partition coefficient (Wildman–Crippen LogP) is 2.29. The van der Waals surface area contributed by atoms with Gasteiger partial charge in [-0.15, -0.1) is 0 Å². The molecule has 0 radical (unpaired) electrons. The van der Waals surface area contributed by atoms with Gasteiger partial charge in [-0.05, 0) is 76.1 Å². The third kappa shape index (κ3) is 2.84. The number of likely N-dealkylation sites (N-methyl/N-ethyl adjacent to an activating group) is 2. The zero-order chi connectivity index (χ0) is 34.7. The van der Waals surface area contributed by atoms with Crippen molar-refractivity contribution in [2.75, 3.05) is 41.4 Å². The Morgan fingerprint density at radius 2 is 1.14 bits per heavy atom. The number of methoxy groups -OCH3 is 2. The maximum Gasteiger partial charge on any atom is 0.356 e. The molecule has 50 heavy (non-hydrogen) atoms. The van der Waals surface area contributed by atoms with E-state index < -0.39 is 57.4 Å². The van der Waals surface area contributed by atoms with Crippen molar-refractivity contribution in [3.63, 3.8) is 0 Å². The van der Waals surface area contributed by atoms with Crippen LogP contribution in [0.1, 0.15) is 47.9 Å². The van der Waals surface area contributed by atoms with E-state index in [-0.39, 0.29) is 24.9 Å². The van der Waals surface area contributed by atoms with Gasteiger partial charge < -0.3 is 48.4 Å². The van der Waals surface area contributed by atoms with Gasteiger partial charge in [-0.1, -0.05) is 31.9 Å². The van der Waals surface area contributed by atoms with Crippen molar-refractivity contribution in [1.29, 1.82) is 0 Å². The molecule has 10 atom stereocenters. The van der Waals surface area contributed by atoms with Gasteiger partial charge in [-0.3, -0.25) is 0 Å². The van der Waals surface area contributed by atoms with E-state index >= 15 is 9.59 Å². The van der Waals surface area contributed by atoms with Crippen LogP contribution in [-0.4, -0.2) is 120 Å². The monoisotopic (exact) mass is 814 g/mol. The highest BCUT2D eigenvalue weighted by atomic mass is 79.9. The van der Waals surface area contributed by atoms with Crippen LogP contribution in [0.5, 0.6) is 23.0 Å². The van der Waals surface area contributed by atoms with Crippen molar-refractivity contribution >= 4 is 43.8 Å². The molecular formula is C36H36Br2N2O10. The molecule has 14 heteroatoms. The van der Waals surface area contributed by atoms with Gasteiger partial charge in [0.2, 0.25) is 11.2 Å². The molecule has 3 saturated heterocycles. The number of piperidine rings is 2. The van der Waals surface area contributed by atoms with E-state index in [4.69, 9.17) is 28.4 Å². The first kappa shape index (κ1) is 31.0. The Kier molecular flexibility index (Phi) is 5.53. The summed E-state index contributed by atoms with van der Waals surface area (Å²) in [6, 6.07) is 2.94. The highest BCUT2D eigenvalue weighted by molar-refractivity contribution is 9.10. The summed E-state index contributed by atoms with van der Waals surface area (Å²) in [4.78, 5) is 34.5. The zero-order valence-electron chi connectivity index (χ0n) is 27.9. The minimum atomic E-state index is -1.96. The molecule has 4 spiro atoms. The van der Waals surface area contributed by atoms with Gasteiger partial charge in [-0.2, -0.15) is 0 Å². The second-order valence-corrected chi connectivity index (χ2v) is 17.8. The lowest BCUT2D eigenvalue weighted by atomic mass is 9.56. The summed E-state index contributed by atoms with van der Waals surface area (Å²) in [5, 5.41) is 26.0. The zero-order valence-corrected chi connectivity index (χ0v) is 31.1. The van der Waals surface area contributed by atoms with E-state index in [9.17, 15) is 10.2 Å². The third-order valence-corrected chi connectivity index (χ3v) is 16.1. The first-order valence-electron chi connectivity index (χ1n) is 17.2. The molecule has 9 aliphatic rings. The Morgan fingerprint density at radius 1 is 0.740 bits per heavy atom. The minimum absolute atomic E-state index is 0.189. The molecule has 2 saturated carbocycles. The number of aliphatic hydroxyl groups is 2. The number of fused-ring (bicyclic) bond motifs is 2. The van der Waals surface area contributed by atoms with Crippen LogP contribution in [0.2, 0.25) is 0 Å². The Bertz CT molecular complexity index is 1890. The quantitative estimate of drug-likeness (QED) is 0.431. The van der Waals surface area contributed by atoms with Crippen LogP contribution in [0.4, 0.5) is 0 Å². The van der Waals surface area contributed by atoms with Crippen LogP contribution in [0, 0.1) is 0 Å². The number of rotatable bonds is 2. The first-order valence-corrected chi connectivity index (χ1v) is 18.8. The summed E-state index contributed by atoms with van der Waals surface area (Å²) < 4.78 is 39.9. The number of nitrogens with zero attached hydrogens (tertiary/aromatic N) is 2. The molecule has 2 N–H and O–H groups in total. The second kappa shape index (κ2) is 8.94. The van der Waals surface area contributed by atoms with Crippen LogP contribution < -0.4 is 18.9 Å². The Hall–Kier alpha value is -2.62. The Labute approximate surface area is 304 Å². The van der Waals surface area contributed by atoms with Crippen LogP contribution in [-0.2, 0) is 42.7 Å². The van der Waals surface area contributed by atoms with Gasteiger partial charge in [0.25, 0.3) is 0 Å². The number of ether oxygens (including phenoxy) is 6. The number of benzene rings is 2. The van der Waals surface area contributed by atoms with Crippen molar-refractivity contribution in [2.45, 2.75) is 96.1 Å². The van der Waals surface area contributed by atoms with Gasteiger partial charge >= 0.3 is 11.9 Å². The lowest BCUT2D eigenvalue weighted by Crippen LogP contribution is -2.71. The Morgan fingerprint density at radius 3 is 1.52 bits per heavy atom.